The quantitative estimate of drug-likeness (QED) is 0.812. The van der Waals surface area contributed by atoms with Gasteiger partial charge in [-0.3, -0.25) is 9.59 Å². The molecule has 0 unspecified atom stereocenters. The molecule has 0 bridgehead atoms. The van der Waals surface area contributed by atoms with Crippen molar-refractivity contribution < 1.29 is 14.0 Å². The zero-order chi connectivity index (χ0) is 15.4. The van der Waals surface area contributed by atoms with Crippen LogP contribution in [-0.2, 0) is 11.3 Å². The van der Waals surface area contributed by atoms with Gasteiger partial charge in [0.15, 0.2) is 12.0 Å². The van der Waals surface area contributed by atoms with Gasteiger partial charge in [-0.15, -0.1) is 0 Å². The molecule has 0 aliphatic carbocycles. The monoisotopic (exact) mass is 290 g/mol. The topological polar surface area (TPSA) is 94.4 Å². The third kappa shape index (κ3) is 2.81. The standard InChI is InChI=1S/C14H18N4O3/c1-3-17(4-2)12(20)8-18-14(15)10(9-19)13(16-18)11-6-5-7-21-11/h5-7,9H,3-4,8,15H2,1-2H3. The van der Waals surface area contributed by atoms with Gasteiger partial charge in [0.2, 0.25) is 5.91 Å². The van der Waals surface area contributed by atoms with Crippen molar-refractivity contribution in [1.82, 2.24) is 14.7 Å². The molecule has 0 aromatic carbocycles. The Morgan fingerprint density at radius 1 is 1.48 bits per heavy atom. The molecule has 21 heavy (non-hydrogen) atoms. The number of aromatic nitrogens is 2. The van der Waals surface area contributed by atoms with E-state index in [1.807, 2.05) is 13.8 Å². The van der Waals surface area contributed by atoms with Crippen LogP contribution in [0.4, 0.5) is 5.82 Å². The molecule has 2 aromatic heterocycles. The third-order valence-electron chi connectivity index (χ3n) is 3.30. The average molecular weight is 290 g/mol. The molecule has 2 heterocycles. The van der Waals surface area contributed by atoms with Crippen LogP contribution in [0.15, 0.2) is 22.8 Å². The Morgan fingerprint density at radius 2 is 2.19 bits per heavy atom. The summed E-state index contributed by atoms with van der Waals surface area (Å²) in [4.78, 5) is 25.0. The largest absolute Gasteiger partial charge is 0.463 e. The van der Waals surface area contributed by atoms with Crippen molar-refractivity contribution in [3.8, 4) is 11.5 Å². The summed E-state index contributed by atoms with van der Waals surface area (Å²) < 4.78 is 6.58. The van der Waals surface area contributed by atoms with Gasteiger partial charge in [0.1, 0.15) is 18.1 Å². The Bertz CT molecular complexity index is 627. The highest BCUT2D eigenvalue weighted by Crippen LogP contribution is 2.26. The summed E-state index contributed by atoms with van der Waals surface area (Å²) in [5.41, 5.74) is 6.49. The lowest BCUT2D eigenvalue weighted by Crippen LogP contribution is -2.34. The predicted octanol–water partition coefficient (Wildman–Crippen LogP) is 1.41. The maximum atomic E-state index is 12.1. The Labute approximate surface area is 122 Å². The van der Waals surface area contributed by atoms with E-state index >= 15 is 0 Å². The van der Waals surface area contributed by atoms with Crippen molar-refractivity contribution in [3.05, 3.63) is 24.0 Å². The van der Waals surface area contributed by atoms with E-state index in [0.717, 1.165) is 0 Å². The summed E-state index contributed by atoms with van der Waals surface area (Å²) in [5.74, 6) is 0.507. The number of carbonyl (C=O) groups excluding carboxylic acids is 2. The predicted molar refractivity (Wildman–Crippen MR) is 77.7 cm³/mol. The van der Waals surface area contributed by atoms with Gasteiger partial charge in [-0.05, 0) is 26.0 Å². The van der Waals surface area contributed by atoms with Gasteiger partial charge in [0, 0.05) is 13.1 Å². The number of nitrogen functional groups attached to an aromatic ring is 1. The number of likely N-dealkylation sites (N-methyl/N-ethyl adjacent to an activating group) is 1. The van der Waals surface area contributed by atoms with Gasteiger partial charge >= 0.3 is 0 Å². The molecule has 2 rings (SSSR count). The molecule has 2 aromatic rings. The zero-order valence-electron chi connectivity index (χ0n) is 12.1. The summed E-state index contributed by atoms with van der Waals surface area (Å²) >= 11 is 0. The van der Waals surface area contributed by atoms with Crippen LogP contribution in [0.3, 0.4) is 0 Å². The van der Waals surface area contributed by atoms with Crippen LogP contribution in [0, 0.1) is 0 Å². The molecule has 0 saturated carbocycles. The summed E-state index contributed by atoms with van der Waals surface area (Å²) in [6.07, 6.45) is 2.11. The summed E-state index contributed by atoms with van der Waals surface area (Å²) in [5, 5.41) is 4.23. The molecule has 0 saturated heterocycles. The van der Waals surface area contributed by atoms with E-state index in [0.29, 0.717) is 30.8 Å². The van der Waals surface area contributed by atoms with Gasteiger partial charge in [0.25, 0.3) is 0 Å². The first-order valence-corrected chi connectivity index (χ1v) is 6.75. The molecule has 112 valence electrons. The van der Waals surface area contributed by atoms with Gasteiger partial charge in [-0.2, -0.15) is 5.10 Å². The number of nitrogens with zero attached hydrogens (tertiary/aromatic N) is 3. The number of carbonyl (C=O) groups is 2. The first-order chi connectivity index (χ1) is 10.1. The number of aldehydes is 1. The number of furan rings is 1. The van der Waals surface area contributed by atoms with Gasteiger partial charge in [-0.1, -0.05) is 0 Å². The normalized spacial score (nSPS) is 10.6. The smallest absolute Gasteiger partial charge is 0.244 e. The molecule has 2 N–H and O–H groups in total. The van der Waals surface area contributed by atoms with Gasteiger partial charge < -0.3 is 15.1 Å². The van der Waals surface area contributed by atoms with Crippen LogP contribution in [-0.4, -0.2) is 40.0 Å². The van der Waals surface area contributed by atoms with E-state index in [-0.39, 0.29) is 23.8 Å². The number of hydrogen-bond acceptors (Lipinski definition) is 5. The molecule has 0 spiro atoms. The van der Waals surface area contributed by atoms with E-state index in [9.17, 15) is 9.59 Å². The molecule has 0 radical (unpaired) electrons. The molecule has 0 aliphatic heterocycles. The minimum atomic E-state index is -0.0994. The lowest BCUT2D eigenvalue weighted by Gasteiger charge is -2.18. The van der Waals surface area contributed by atoms with Crippen LogP contribution in [0.5, 0.6) is 0 Å². The molecule has 0 aliphatic rings. The first-order valence-electron chi connectivity index (χ1n) is 6.75. The molecule has 0 fully saturated rings. The minimum Gasteiger partial charge on any atom is -0.463 e. The van der Waals surface area contributed by atoms with Crippen molar-refractivity contribution in [1.29, 1.82) is 0 Å². The summed E-state index contributed by atoms with van der Waals surface area (Å²) in [6.45, 7) is 5.02. The summed E-state index contributed by atoms with van der Waals surface area (Å²) in [7, 11) is 0. The highest BCUT2D eigenvalue weighted by molar-refractivity contribution is 5.91. The van der Waals surface area contributed by atoms with E-state index in [1.54, 1.807) is 17.0 Å². The Hall–Kier alpha value is -2.57. The SMILES string of the molecule is CCN(CC)C(=O)Cn1nc(-c2ccco2)c(C=O)c1N. The second kappa shape index (κ2) is 6.25. The highest BCUT2D eigenvalue weighted by Gasteiger charge is 2.21. The Morgan fingerprint density at radius 3 is 2.71 bits per heavy atom. The fraction of sp³-hybridized carbons (Fsp3) is 0.357. The van der Waals surface area contributed by atoms with Crippen molar-refractivity contribution in [3.63, 3.8) is 0 Å². The van der Waals surface area contributed by atoms with E-state index < -0.39 is 0 Å². The maximum absolute atomic E-state index is 12.1. The third-order valence-corrected chi connectivity index (χ3v) is 3.30. The van der Waals surface area contributed by atoms with Crippen LogP contribution >= 0.6 is 0 Å². The lowest BCUT2D eigenvalue weighted by atomic mass is 10.2. The Kier molecular flexibility index (Phi) is 4.42. The number of amides is 1. The maximum Gasteiger partial charge on any atom is 0.244 e. The second-order valence-electron chi connectivity index (χ2n) is 4.47. The lowest BCUT2D eigenvalue weighted by molar-refractivity contribution is -0.131. The van der Waals surface area contributed by atoms with Crippen LogP contribution in [0.25, 0.3) is 11.5 Å². The zero-order valence-corrected chi connectivity index (χ0v) is 12.1. The fourth-order valence-electron chi connectivity index (χ4n) is 2.13. The van der Waals surface area contributed by atoms with Crippen molar-refractivity contribution in [2.24, 2.45) is 0 Å². The fourth-order valence-corrected chi connectivity index (χ4v) is 2.13. The minimum absolute atomic E-state index is 0.00490. The number of nitrogens with two attached hydrogens (primary N) is 1. The van der Waals surface area contributed by atoms with Crippen molar-refractivity contribution in [2.75, 3.05) is 18.8 Å². The van der Waals surface area contributed by atoms with Crippen molar-refractivity contribution in [2.45, 2.75) is 20.4 Å². The van der Waals surface area contributed by atoms with E-state index in [2.05, 4.69) is 5.10 Å². The second-order valence-corrected chi connectivity index (χ2v) is 4.47. The van der Waals surface area contributed by atoms with E-state index in [1.165, 1.54) is 10.9 Å². The Balaban J connectivity index is 2.33. The molecular formula is C14H18N4O3. The van der Waals surface area contributed by atoms with Crippen molar-refractivity contribution >= 4 is 18.0 Å². The molecule has 7 heteroatoms. The number of hydrogen-bond donors (Lipinski definition) is 1. The molecule has 0 atom stereocenters. The van der Waals surface area contributed by atoms with Crippen LogP contribution < -0.4 is 5.73 Å². The highest BCUT2D eigenvalue weighted by atomic mass is 16.3. The molecule has 7 nitrogen and oxygen atoms in total. The number of anilines is 1. The van der Waals surface area contributed by atoms with Crippen LogP contribution in [0.1, 0.15) is 24.2 Å². The summed E-state index contributed by atoms with van der Waals surface area (Å²) in [6, 6.07) is 3.38. The van der Waals surface area contributed by atoms with Gasteiger partial charge in [-0.25, -0.2) is 4.68 Å². The van der Waals surface area contributed by atoms with Crippen LogP contribution in [0.2, 0.25) is 0 Å². The average Bonchev–Trinajstić information content (AvgIpc) is 3.09. The number of rotatable bonds is 6. The van der Waals surface area contributed by atoms with Gasteiger partial charge in [0.05, 0.1) is 11.8 Å². The first kappa shape index (κ1) is 14.8. The molecular weight excluding hydrogens is 272 g/mol. The van der Waals surface area contributed by atoms with E-state index in [4.69, 9.17) is 10.2 Å². The molecule has 1 amide bonds.